The molecule has 14 heavy (non-hydrogen) atoms. The minimum Gasteiger partial charge on any atom is -0.365 e. The molecule has 2 bridgehead atoms. The normalized spacial score (nSPS) is 32.4. The molecule has 3 aliphatic rings. The Balaban J connectivity index is 1.74. The minimum atomic E-state index is 0.367. The molecule has 3 saturated carbocycles. The number of aromatic nitrogens is 1. The van der Waals surface area contributed by atoms with E-state index in [1.165, 1.54) is 19.3 Å². The maximum absolute atomic E-state index is 8.62. The van der Waals surface area contributed by atoms with Gasteiger partial charge in [0.2, 0.25) is 0 Å². The molecule has 1 aromatic rings. The number of anilines is 1. The summed E-state index contributed by atoms with van der Waals surface area (Å²) in [7, 11) is 0. The van der Waals surface area contributed by atoms with E-state index in [-0.39, 0.29) is 0 Å². The second-order valence-electron chi connectivity index (χ2n) is 4.43. The molecule has 0 aromatic carbocycles. The van der Waals surface area contributed by atoms with E-state index in [1.807, 2.05) is 6.07 Å². The largest absolute Gasteiger partial charge is 0.365 e. The van der Waals surface area contributed by atoms with Gasteiger partial charge in [-0.25, -0.2) is 4.98 Å². The van der Waals surface area contributed by atoms with E-state index in [1.54, 1.807) is 12.3 Å². The van der Waals surface area contributed by atoms with Crippen LogP contribution in [0, 0.1) is 17.2 Å². The van der Waals surface area contributed by atoms with Crippen LogP contribution in [0.2, 0.25) is 0 Å². The Morgan fingerprint density at radius 1 is 1.43 bits per heavy atom. The van der Waals surface area contributed by atoms with Crippen molar-refractivity contribution in [2.75, 3.05) is 5.32 Å². The highest BCUT2D eigenvalue weighted by Crippen LogP contribution is 2.58. The average molecular weight is 185 g/mol. The van der Waals surface area contributed by atoms with Crippen LogP contribution in [0.3, 0.4) is 0 Å². The SMILES string of the molecule is N#Cc1ccc(NC23CC(C2)C3)nc1. The number of rotatable bonds is 2. The van der Waals surface area contributed by atoms with Gasteiger partial charge in [0.15, 0.2) is 0 Å². The van der Waals surface area contributed by atoms with Crippen molar-refractivity contribution in [2.45, 2.75) is 24.8 Å². The molecule has 1 N–H and O–H groups in total. The third kappa shape index (κ3) is 1.00. The molecule has 0 amide bonds. The maximum Gasteiger partial charge on any atom is 0.126 e. The van der Waals surface area contributed by atoms with Gasteiger partial charge in [-0.05, 0) is 37.3 Å². The van der Waals surface area contributed by atoms with E-state index in [2.05, 4.69) is 16.4 Å². The quantitative estimate of drug-likeness (QED) is 0.765. The molecule has 0 saturated heterocycles. The fourth-order valence-electron chi connectivity index (χ4n) is 2.44. The average Bonchev–Trinajstić information content (AvgIpc) is 2.10. The molecule has 0 radical (unpaired) electrons. The zero-order chi connectivity index (χ0) is 9.60. The van der Waals surface area contributed by atoms with Crippen LogP contribution in [-0.4, -0.2) is 10.5 Å². The van der Waals surface area contributed by atoms with E-state index < -0.39 is 0 Å². The van der Waals surface area contributed by atoms with Crippen molar-refractivity contribution < 1.29 is 0 Å². The second-order valence-corrected chi connectivity index (χ2v) is 4.43. The molecule has 0 atom stereocenters. The molecule has 3 aliphatic carbocycles. The van der Waals surface area contributed by atoms with Crippen molar-refractivity contribution in [1.29, 1.82) is 5.26 Å². The Morgan fingerprint density at radius 2 is 2.21 bits per heavy atom. The van der Waals surface area contributed by atoms with Gasteiger partial charge in [0, 0.05) is 11.7 Å². The van der Waals surface area contributed by atoms with Gasteiger partial charge in [0.1, 0.15) is 11.9 Å². The molecule has 70 valence electrons. The molecule has 3 heteroatoms. The minimum absolute atomic E-state index is 0.367. The highest BCUT2D eigenvalue weighted by Gasteiger charge is 2.56. The summed E-state index contributed by atoms with van der Waals surface area (Å²) in [4.78, 5) is 4.21. The predicted molar refractivity (Wildman–Crippen MR) is 52.6 cm³/mol. The summed E-state index contributed by atoms with van der Waals surface area (Å²) in [6.07, 6.45) is 5.52. The molecule has 3 fully saturated rings. The van der Waals surface area contributed by atoms with Gasteiger partial charge < -0.3 is 5.32 Å². The van der Waals surface area contributed by atoms with Gasteiger partial charge in [-0.3, -0.25) is 0 Å². The lowest BCUT2D eigenvalue weighted by Gasteiger charge is -2.62. The van der Waals surface area contributed by atoms with Crippen molar-refractivity contribution >= 4 is 5.82 Å². The Hall–Kier alpha value is -1.56. The molecule has 0 spiro atoms. The lowest BCUT2D eigenvalue weighted by atomic mass is 9.50. The van der Waals surface area contributed by atoms with E-state index in [9.17, 15) is 0 Å². The zero-order valence-electron chi connectivity index (χ0n) is 7.83. The van der Waals surface area contributed by atoms with Crippen LogP contribution in [0.25, 0.3) is 0 Å². The van der Waals surface area contributed by atoms with E-state index in [0.29, 0.717) is 11.1 Å². The molecule has 1 aromatic heterocycles. The first-order valence-corrected chi connectivity index (χ1v) is 4.94. The predicted octanol–water partition coefficient (Wildman–Crippen LogP) is 1.92. The molecule has 3 nitrogen and oxygen atoms in total. The number of hydrogen-bond donors (Lipinski definition) is 1. The topological polar surface area (TPSA) is 48.7 Å². The van der Waals surface area contributed by atoms with Crippen LogP contribution in [0.4, 0.5) is 5.82 Å². The van der Waals surface area contributed by atoms with Gasteiger partial charge in [-0.2, -0.15) is 5.26 Å². The van der Waals surface area contributed by atoms with Crippen LogP contribution in [-0.2, 0) is 0 Å². The molecular formula is C11H11N3. The summed E-state index contributed by atoms with van der Waals surface area (Å²) in [5, 5.41) is 12.1. The van der Waals surface area contributed by atoms with E-state index in [4.69, 9.17) is 5.26 Å². The second kappa shape index (κ2) is 2.48. The summed E-state index contributed by atoms with van der Waals surface area (Å²) < 4.78 is 0. The first kappa shape index (κ1) is 7.81. The molecular weight excluding hydrogens is 174 g/mol. The van der Waals surface area contributed by atoms with E-state index >= 15 is 0 Å². The lowest BCUT2D eigenvalue weighted by molar-refractivity contribution is 0.00181. The van der Waals surface area contributed by atoms with Crippen LogP contribution in [0.15, 0.2) is 18.3 Å². The van der Waals surface area contributed by atoms with Gasteiger partial charge in [0.05, 0.1) is 5.56 Å². The standard InChI is InChI=1S/C11H11N3/c12-6-8-1-2-10(13-7-8)14-11-3-9(4-11)5-11/h1-2,7,9H,3-5H2,(H,13,14). The van der Waals surface area contributed by atoms with Crippen LogP contribution in [0.5, 0.6) is 0 Å². The first-order chi connectivity index (χ1) is 6.80. The van der Waals surface area contributed by atoms with Crippen LogP contribution < -0.4 is 5.32 Å². The van der Waals surface area contributed by atoms with Crippen LogP contribution >= 0.6 is 0 Å². The number of nitrogens with zero attached hydrogens (tertiary/aromatic N) is 2. The summed E-state index contributed by atoms with van der Waals surface area (Å²) in [5.74, 6) is 1.88. The van der Waals surface area contributed by atoms with Crippen molar-refractivity contribution in [2.24, 2.45) is 5.92 Å². The Kier molecular flexibility index (Phi) is 1.38. The first-order valence-electron chi connectivity index (χ1n) is 4.94. The molecule has 0 aliphatic heterocycles. The highest BCUT2D eigenvalue weighted by atomic mass is 15.1. The monoisotopic (exact) mass is 185 g/mol. The van der Waals surface area contributed by atoms with E-state index in [0.717, 1.165) is 11.7 Å². The number of pyridine rings is 1. The fraction of sp³-hybridized carbons (Fsp3) is 0.455. The van der Waals surface area contributed by atoms with Crippen molar-refractivity contribution in [3.8, 4) is 6.07 Å². The van der Waals surface area contributed by atoms with Gasteiger partial charge in [0.25, 0.3) is 0 Å². The maximum atomic E-state index is 8.62. The molecule has 1 heterocycles. The third-order valence-electron chi connectivity index (χ3n) is 3.32. The number of nitrogens with one attached hydrogen (secondary N) is 1. The number of hydrogen-bond acceptors (Lipinski definition) is 3. The fourth-order valence-corrected chi connectivity index (χ4v) is 2.44. The molecule has 4 rings (SSSR count). The summed E-state index contributed by atoms with van der Waals surface area (Å²) >= 11 is 0. The lowest BCUT2D eigenvalue weighted by Crippen LogP contribution is -2.63. The van der Waals surface area contributed by atoms with Crippen LogP contribution in [0.1, 0.15) is 24.8 Å². The Morgan fingerprint density at radius 3 is 2.64 bits per heavy atom. The van der Waals surface area contributed by atoms with Gasteiger partial charge >= 0.3 is 0 Å². The summed E-state index contributed by atoms with van der Waals surface area (Å²) in [6.45, 7) is 0. The Labute approximate surface area is 82.8 Å². The Bertz CT molecular complexity index is 385. The third-order valence-corrected chi connectivity index (χ3v) is 3.32. The van der Waals surface area contributed by atoms with Gasteiger partial charge in [-0.1, -0.05) is 0 Å². The highest BCUT2D eigenvalue weighted by molar-refractivity contribution is 5.44. The smallest absolute Gasteiger partial charge is 0.126 e. The summed E-state index contributed by atoms with van der Waals surface area (Å²) in [5.41, 5.74) is 0.986. The summed E-state index contributed by atoms with van der Waals surface area (Å²) in [6, 6.07) is 5.76. The molecule has 0 unspecified atom stereocenters. The van der Waals surface area contributed by atoms with Crippen molar-refractivity contribution in [3.05, 3.63) is 23.9 Å². The zero-order valence-corrected chi connectivity index (χ0v) is 7.83. The van der Waals surface area contributed by atoms with Crippen molar-refractivity contribution in [3.63, 3.8) is 0 Å². The van der Waals surface area contributed by atoms with Gasteiger partial charge in [-0.15, -0.1) is 0 Å². The van der Waals surface area contributed by atoms with Crippen molar-refractivity contribution in [1.82, 2.24) is 4.98 Å². The number of nitriles is 1.